The lowest BCUT2D eigenvalue weighted by atomic mass is 9.77. The monoisotopic (exact) mass is 315 g/mol. The molecule has 22 heavy (non-hydrogen) atoms. The number of carbonyl (C=O) groups is 1. The summed E-state index contributed by atoms with van der Waals surface area (Å²) in [6.45, 7) is 1.05. The third-order valence-corrected chi connectivity index (χ3v) is 4.59. The average Bonchev–Trinajstić information content (AvgIpc) is 2.80. The standard InChI is InChI=1S/C15H16F3NO3/c16-15(17,18)22-12-3-1-2-10(6-12)11-4-5-14(7-11)8-19(9-14)13(20)21/h1-3,6,11H,4-5,7-9H2,(H,20,21). The number of likely N-dealkylation sites (tertiary alicyclic amines) is 1. The molecule has 2 aliphatic rings. The molecule has 1 saturated carbocycles. The van der Waals surface area contributed by atoms with E-state index in [1.54, 1.807) is 12.1 Å². The summed E-state index contributed by atoms with van der Waals surface area (Å²) >= 11 is 0. The predicted molar refractivity (Wildman–Crippen MR) is 71.7 cm³/mol. The van der Waals surface area contributed by atoms with Gasteiger partial charge in [-0.2, -0.15) is 0 Å². The van der Waals surface area contributed by atoms with Crippen LogP contribution < -0.4 is 4.74 Å². The smallest absolute Gasteiger partial charge is 0.465 e. The van der Waals surface area contributed by atoms with Crippen molar-refractivity contribution >= 4 is 6.09 Å². The second-order valence-electron chi connectivity index (χ2n) is 6.20. The summed E-state index contributed by atoms with van der Waals surface area (Å²) in [4.78, 5) is 12.2. The summed E-state index contributed by atoms with van der Waals surface area (Å²) in [6.07, 6.45) is -3.01. The van der Waals surface area contributed by atoms with Gasteiger partial charge in [0.1, 0.15) is 5.75 Å². The van der Waals surface area contributed by atoms with E-state index in [2.05, 4.69) is 4.74 Å². The summed E-state index contributed by atoms with van der Waals surface area (Å²) in [5, 5.41) is 8.91. The van der Waals surface area contributed by atoms with Crippen molar-refractivity contribution in [2.45, 2.75) is 31.5 Å². The second kappa shape index (κ2) is 5.07. The summed E-state index contributed by atoms with van der Waals surface area (Å²) in [5.41, 5.74) is 0.830. The number of alkyl halides is 3. The van der Waals surface area contributed by atoms with E-state index in [1.807, 2.05) is 0 Å². The zero-order valence-corrected chi connectivity index (χ0v) is 11.8. The third kappa shape index (κ3) is 2.98. The van der Waals surface area contributed by atoms with Crippen LogP contribution in [-0.4, -0.2) is 35.6 Å². The van der Waals surface area contributed by atoms with Crippen LogP contribution in [0.5, 0.6) is 5.75 Å². The molecule has 1 heterocycles. The van der Waals surface area contributed by atoms with E-state index in [-0.39, 0.29) is 17.1 Å². The highest BCUT2D eigenvalue weighted by atomic mass is 19.4. The number of amides is 1. The van der Waals surface area contributed by atoms with Crippen LogP contribution in [0.25, 0.3) is 0 Å². The first-order valence-electron chi connectivity index (χ1n) is 7.10. The van der Waals surface area contributed by atoms with Gasteiger partial charge >= 0.3 is 12.5 Å². The maximum atomic E-state index is 12.3. The number of carboxylic acid groups (broad SMARTS) is 1. The zero-order chi connectivity index (χ0) is 16.0. The van der Waals surface area contributed by atoms with Crippen molar-refractivity contribution in [2.24, 2.45) is 5.41 Å². The maximum absolute atomic E-state index is 12.3. The highest BCUT2D eigenvalue weighted by Crippen LogP contribution is 2.51. The summed E-state index contributed by atoms with van der Waals surface area (Å²) < 4.78 is 40.8. The minimum atomic E-state index is -4.69. The average molecular weight is 315 g/mol. The van der Waals surface area contributed by atoms with Crippen LogP contribution in [0.15, 0.2) is 24.3 Å². The molecule has 1 aliphatic carbocycles. The van der Waals surface area contributed by atoms with E-state index in [4.69, 9.17) is 5.11 Å². The van der Waals surface area contributed by atoms with E-state index in [1.165, 1.54) is 17.0 Å². The normalized spacial score (nSPS) is 23.4. The van der Waals surface area contributed by atoms with Gasteiger partial charge in [-0.3, -0.25) is 0 Å². The maximum Gasteiger partial charge on any atom is 0.573 e. The van der Waals surface area contributed by atoms with E-state index >= 15 is 0 Å². The number of hydrogen-bond acceptors (Lipinski definition) is 2. The Morgan fingerprint density at radius 3 is 2.73 bits per heavy atom. The molecular weight excluding hydrogens is 299 g/mol. The molecule has 0 aromatic heterocycles. The molecule has 1 aromatic carbocycles. The van der Waals surface area contributed by atoms with Crippen molar-refractivity contribution in [1.29, 1.82) is 0 Å². The van der Waals surface area contributed by atoms with Crippen molar-refractivity contribution in [1.82, 2.24) is 4.90 Å². The first-order chi connectivity index (χ1) is 10.3. The molecule has 3 rings (SSSR count). The first kappa shape index (κ1) is 15.0. The molecule has 1 spiro atoms. The van der Waals surface area contributed by atoms with Gasteiger partial charge in [-0.1, -0.05) is 12.1 Å². The van der Waals surface area contributed by atoms with Crippen LogP contribution in [0, 0.1) is 5.41 Å². The molecule has 0 radical (unpaired) electrons. The van der Waals surface area contributed by atoms with Crippen molar-refractivity contribution < 1.29 is 27.8 Å². The lowest BCUT2D eigenvalue weighted by molar-refractivity contribution is -0.274. The molecule has 2 fully saturated rings. The minimum Gasteiger partial charge on any atom is -0.465 e. The molecule has 1 saturated heterocycles. The van der Waals surface area contributed by atoms with Crippen LogP contribution in [0.4, 0.5) is 18.0 Å². The number of rotatable bonds is 2. The van der Waals surface area contributed by atoms with Gasteiger partial charge in [0, 0.05) is 18.5 Å². The lowest BCUT2D eigenvalue weighted by Crippen LogP contribution is -2.56. The number of halogens is 3. The van der Waals surface area contributed by atoms with Gasteiger partial charge in [-0.05, 0) is 42.9 Å². The molecule has 4 nitrogen and oxygen atoms in total. The van der Waals surface area contributed by atoms with Gasteiger partial charge in [0.15, 0.2) is 0 Å². The predicted octanol–water partition coefficient (Wildman–Crippen LogP) is 3.83. The Labute approximate surface area is 125 Å². The fraction of sp³-hybridized carbons (Fsp3) is 0.533. The highest BCUT2D eigenvalue weighted by Gasteiger charge is 2.49. The molecular formula is C15H16F3NO3. The van der Waals surface area contributed by atoms with Gasteiger partial charge in [-0.15, -0.1) is 13.2 Å². The molecule has 0 bridgehead atoms. The Hall–Kier alpha value is -1.92. The first-order valence-corrected chi connectivity index (χ1v) is 7.10. The lowest BCUT2D eigenvalue weighted by Gasteiger charge is -2.46. The summed E-state index contributed by atoms with van der Waals surface area (Å²) in [7, 11) is 0. The van der Waals surface area contributed by atoms with Gasteiger partial charge in [-0.25, -0.2) is 4.79 Å². The van der Waals surface area contributed by atoms with E-state index in [0.717, 1.165) is 24.8 Å². The number of hydrogen-bond donors (Lipinski definition) is 1. The summed E-state index contributed by atoms with van der Waals surface area (Å²) in [5.74, 6) is -0.0422. The van der Waals surface area contributed by atoms with Gasteiger partial charge in [0.25, 0.3) is 0 Å². The Morgan fingerprint density at radius 2 is 2.09 bits per heavy atom. The molecule has 1 unspecified atom stereocenters. The minimum absolute atomic E-state index is 0.00391. The van der Waals surface area contributed by atoms with Crippen molar-refractivity contribution in [2.75, 3.05) is 13.1 Å². The Morgan fingerprint density at radius 1 is 1.36 bits per heavy atom. The Balaban J connectivity index is 1.66. The third-order valence-electron chi connectivity index (χ3n) is 4.59. The van der Waals surface area contributed by atoms with Gasteiger partial charge in [0.2, 0.25) is 0 Å². The van der Waals surface area contributed by atoms with Gasteiger partial charge < -0.3 is 14.7 Å². The topological polar surface area (TPSA) is 49.8 Å². The molecule has 1 atom stereocenters. The van der Waals surface area contributed by atoms with E-state index in [0.29, 0.717) is 13.1 Å². The largest absolute Gasteiger partial charge is 0.573 e. The van der Waals surface area contributed by atoms with Crippen LogP contribution in [0.1, 0.15) is 30.7 Å². The molecule has 1 amide bonds. The molecule has 120 valence electrons. The highest BCUT2D eigenvalue weighted by molar-refractivity contribution is 5.66. The number of ether oxygens (including phenoxy) is 1. The van der Waals surface area contributed by atoms with Crippen molar-refractivity contribution in [3.63, 3.8) is 0 Å². The second-order valence-corrected chi connectivity index (χ2v) is 6.20. The van der Waals surface area contributed by atoms with Crippen LogP contribution in [-0.2, 0) is 0 Å². The zero-order valence-electron chi connectivity index (χ0n) is 11.8. The van der Waals surface area contributed by atoms with Gasteiger partial charge in [0.05, 0.1) is 0 Å². The Bertz CT molecular complexity index is 582. The SMILES string of the molecule is O=C(O)N1CC2(CCC(c3cccc(OC(F)(F)F)c3)C2)C1. The van der Waals surface area contributed by atoms with E-state index in [9.17, 15) is 18.0 Å². The fourth-order valence-electron chi connectivity index (χ4n) is 3.64. The summed E-state index contributed by atoms with van der Waals surface area (Å²) in [6, 6.07) is 6.09. The van der Waals surface area contributed by atoms with Crippen molar-refractivity contribution in [3.8, 4) is 5.75 Å². The molecule has 1 N–H and O–H groups in total. The van der Waals surface area contributed by atoms with Crippen molar-refractivity contribution in [3.05, 3.63) is 29.8 Å². The van der Waals surface area contributed by atoms with Crippen LogP contribution in [0.2, 0.25) is 0 Å². The number of nitrogens with zero attached hydrogens (tertiary/aromatic N) is 1. The Kier molecular flexibility index (Phi) is 3.45. The molecule has 7 heteroatoms. The number of benzene rings is 1. The molecule has 1 aliphatic heterocycles. The quantitative estimate of drug-likeness (QED) is 0.902. The molecule has 1 aromatic rings. The van der Waals surface area contributed by atoms with Crippen LogP contribution in [0.3, 0.4) is 0 Å². The van der Waals surface area contributed by atoms with E-state index < -0.39 is 12.5 Å². The van der Waals surface area contributed by atoms with Crippen LogP contribution >= 0.6 is 0 Å². The fourth-order valence-corrected chi connectivity index (χ4v) is 3.64.